The molecule has 3 aromatic rings. The molecule has 1 N–H and O–H groups in total. The minimum atomic E-state index is -0.884. The number of amides is 1. The van der Waals surface area contributed by atoms with Crippen molar-refractivity contribution < 1.29 is 28.6 Å². The van der Waals surface area contributed by atoms with Gasteiger partial charge in [-0.25, -0.2) is 0 Å². The fourth-order valence-electron chi connectivity index (χ4n) is 3.73. The zero-order valence-corrected chi connectivity index (χ0v) is 18.1. The predicted molar refractivity (Wildman–Crippen MR) is 115 cm³/mol. The van der Waals surface area contributed by atoms with Crippen molar-refractivity contribution in [3.63, 3.8) is 0 Å². The number of Topliss-reactive ketones (excluding diaryl/α,β-unsaturated/α-hetero) is 1. The second-order valence-corrected chi connectivity index (χ2v) is 8.02. The number of benzene rings is 1. The average molecular weight is 439 g/mol. The first-order chi connectivity index (χ1) is 15.0. The van der Waals surface area contributed by atoms with Crippen molar-refractivity contribution in [2.24, 2.45) is 0 Å². The molecule has 0 spiro atoms. The van der Waals surface area contributed by atoms with E-state index in [-0.39, 0.29) is 23.4 Å². The second-order valence-electron chi connectivity index (χ2n) is 6.99. The predicted octanol–water partition coefficient (Wildman–Crippen LogP) is 4.29. The molecule has 1 atom stereocenters. The lowest BCUT2D eigenvalue weighted by Crippen LogP contribution is -2.28. The van der Waals surface area contributed by atoms with Gasteiger partial charge in [-0.1, -0.05) is 12.1 Å². The van der Waals surface area contributed by atoms with Crippen LogP contribution in [0.15, 0.2) is 57.8 Å². The number of nitrogens with zero attached hydrogens (tertiary/aromatic N) is 1. The van der Waals surface area contributed by atoms with E-state index < -0.39 is 17.7 Å². The lowest BCUT2D eigenvalue weighted by atomic mass is 9.98. The number of hydrogen-bond acceptors (Lipinski definition) is 7. The number of likely N-dealkylation sites (tertiary alicyclic amines) is 1. The first-order valence-electron chi connectivity index (χ1n) is 9.54. The molecule has 4 rings (SSSR count). The van der Waals surface area contributed by atoms with Crippen LogP contribution in [0.25, 0.3) is 5.76 Å². The Morgan fingerprint density at radius 2 is 1.81 bits per heavy atom. The van der Waals surface area contributed by atoms with Crippen LogP contribution >= 0.6 is 11.3 Å². The van der Waals surface area contributed by atoms with Crippen LogP contribution in [0.2, 0.25) is 0 Å². The minimum absolute atomic E-state index is 0.0706. The number of carbonyl (C=O) groups excluding carboxylic acids is 2. The highest BCUT2D eigenvalue weighted by Crippen LogP contribution is 2.44. The maximum absolute atomic E-state index is 13.1. The Balaban J connectivity index is 1.93. The Morgan fingerprint density at radius 1 is 1.10 bits per heavy atom. The molecule has 0 radical (unpaired) electrons. The maximum Gasteiger partial charge on any atom is 0.296 e. The Hall–Kier alpha value is -3.52. The van der Waals surface area contributed by atoms with Crippen molar-refractivity contribution in [3.8, 4) is 11.5 Å². The number of ether oxygens (including phenoxy) is 2. The van der Waals surface area contributed by atoms with Crippen molar-refractivity contribution in [1.29, 1.82) is 0 Å². The zero-order valence-electron chi connectivity index (χ0n) is 17.2. The monoisotopic (exact) mass is 439 g/mol. The Labute approximate surface area is 183 Å². The van der Waals surface area contributed by atoms with E-state index >= 15 is 0 Å². The van der Waals surface area contributed by atoms with E-state index in [1.165, 1.54) is 30.5 Å². The number of aliphatic hydroxyl groups is 1. The summed E-state index contributed by atoms with van der Waals surface area (Å²) >= 11 is 1.48. The molecular weight excluding hydrogens is 418 g/mol. The van der Waals surface area contributed by atoms with Gasteiger partial charge >= 0.3 is 0 Å². The summed E-state index contributed by atoms with van der Waals surface area (Å²) in [5, 5.41) is 13.2. The van der Waals surface area contributed by atoms with Gasteiger partial charge in [0.2, 0.25) is 0 Å². The number of hydrogen-bond donors (Lipinski definition) is 1. The highest BCUT2D eigenvalue weighted by molar-refractivity contribution is 7.09. The topological polar surface area (TPSA) is 89.2 Å². The number of thiophene rings is 1. The number of ketones is 1. The van der Waals surface area contributed by atoms with Gasteiger partial charge in [-0.3, -0.25) is 9.59 Å². The number of aliphatic hydroxyl groups excluding tert-OH is 1. The first-order valence-corrected chi connectivity index (χ1v) is 10.4. The summed E-state index contributed by atoms with van der Waals surface area (Å²) in [7, 11) is 2.91. The summed E-state index contributed by atoms with van der Waals surface area (Å²) in [6, 6.07) is 11.3. The molecular formula is C23H21NO6S. The molecule has 1 saturated heterocycles. The van der Waals surface area contributed by atoms with Crippen LogP contribution in [0.3, 0.4) is 0 Å². The lowest BCUT2D eigenvalue weighted by Gasteiger charge is -2.23. The standard InChI is InChI=1S/C23H21NO6S/c1-13-9-10-17(30-13)20-19(21(25)18-15(28-2)7-4-8-16(18)29-3)22(26)23(27)24(20)12-14-6-5-11-31-14/h4-11,20,25H,12H2,1-3H3/b21-19+. The molecule has 1 aliphatic heterocycles. The van der Waals surface area contributed by atoms with Gasteiger partial charge in [-0.15, -0.1) is 11.3 Å². The SMILES string of the molecule is COc1cccc(OC)c1/C(O)=C1\C(=O)C(=O)N(Cc2cccs2)C1c1ccc(C)o1. The molecule has 7 nitrogen and oxygen atoms in total. The summed E-state index contributed by atoms with van der Waals surface area (Å²) in [6.45, 7) is 1.99. The normalized spacial score (nSPS) is 17.9. The number of rotatable bonds is 6. The van der Waals surface area contributed by atoms with Gasteiger partial charge in [-0.05, 0) is 42.6 Å². The van der Waals surface area contributed by atoms with Gasteiger partial charge in [-0.2, -0.15) is 0 Å². The molecule has 3 heterocycles. The number of carbonyl (C=O) groups is 2. The van der Waals surface area contributed by atoms with E-state index in [4.69, 9.17) is 13.9 Å². The molecule has 1 fully saturated rings. The van der Waals surface area contributed by atoms with Gasteiger partial charge in [0.05, 0.1) is 26.3 Å². The van der Waals surface area contributed by atoms with E-state index in [9.17, 15) is 14.7 Å². The quantitative estimate of drug-likeness (QED) is 0.350. The van der Waals surface area contributed by atoms with E-state index in [2.05, 4.69) is 0 Å². The van der Waals surface area contributed by atoms with E-state index in [1.807, 2.05) is 17.5 Å². The summed E-state index contributed by atoms with van der Waals surface area (Å²) in [4.78, 5) is 28.5. The van der Waals surface area contributed by atoms with E-state index in [0.717, 1.165) is 4.88 Å². The minimum Gasteiger partial charge on any atom is -0.506 e. The molecule has 160 valence electrons. The van der Waals surface area contributed by atoms with E-state index in [1.54, 1.807) is 37.3 Å². The van der Waals surface area contributed by atoms with Crippen molar-refractivity contribution in [2.75, 3.05) is 14.2 Å². The van der Waals surface area contributed by atoms with Gasteiger partial charge in [0, 0.05) is 4.88 Å². The van der Waals surface area contributed by atoms with Gasteiger partial charge in [0.15, 0.2) is 0 Å². The number of furan rings is 1. The summed E-state index contributed by atoms with van der Waals surface area (Å²) in [5.74, 6) is -0.217. The van der Waals surface area contributed by atoms with E-state index in [0.29, 0.717) is 23.0 Å². The van der Waals surface area contributed by atoms with Crippen molar-refractivity contribution in [1.82, 2.24) is 4.90 Å². The maximum atomic E-state index is 13.1. The van der Waals surface area contributed by atoms with Crippen molar-refractivity contribution in [3.05, 3.63) is 75.4 Å². The molecule has 8 heteroatoms. The number of aryl methyl sites for hydroxylation is 1. The van der Waals surface area contributed by atoms with Crippen LogP contribution in [0, 0.1) is 6.92 Å². The van der Waals surface area contributed by atoms with Crippen molar-refractivity contribution in [2.45, 2.75) is 19.5 Å². The third-order valence-corrected chi connectivity index (χ3v) is 6.00. The second kappa shape index (κ2) is 8.31. The van der Waals surface area contributed by atoms with Gasteiger partial charge < -0.3 is 23.9 Å². The molecule has 1 unspecified atom stereocenters. The zero-order chi connectivity index (χ0) is 22.1. The van der Waals surface area contributed by atoms with Crippen LogP contribution < -0.4 is 9.47 Å². The Morgan fingerprint density at radius 3 is 2.35 bits per heavy atom. The van der Waals surface area contributed by atoms with Crippen LogP contribution in [0.4, 0.5) is 0 Å². The average Bonchev–Trinajstić information content (AvgIpc) is 3.50. The molecule has 1 aromatic carbocycles. The smallest absolute Gasteiger partial charge is 0.296 e. The molecule has 1 aliphatic rings. The van der Waals surface area contributed by atoms with Gasteiger partial charge in [0.1, 0.15) is 40.4 Å². The van der Waals surface area contributed by atoms with Crippen LogP contribution in [0.5, 0.6) is 11.5 Å². The van der Waals surface area contributed by atoms with Crippen LogP contribution in [-0.4, -0.2) is 35.9 Å². The Kier molecular flexibility index (Phi) is 5.56. The molecule has 1 amide bonds. The molecule has 0 aliphatic carbocycles. The van der Waals surface area contributed by atoms with Crippen LogP contribution in [-0.2, 0) is 16.1 Å². The largest absolute Gasteiger partial charge is 0.506 e. The molecule has 0 bridgehead atoms. The lowest BCUT2D eigenvalue weighted by molar-refractivity contribution is -0.140. The highest BCUT2D eigenvalue weighted by Gasteiger charge is 2.48. The molecule has 2 aromatic heterocycles. The third kappa shape index (κ3) is 3.59. The fraction of sp³-hybridized carbons (Fsp3) is 0.217. The highest BCUT2D eigenvalue weighted by atomic mass is 32.1. The first kappa shape index (κ1) is 20.7. The van der Waals surface area contributed by atoms with Gasteiger partial charge in [0.25, 0.3) is 11.7 Å². The van der Waals surface area contributed by atoms with Crippen LogP contribution in [0.1, 0.15) is 28.0 Å². The summed E-state index contributed by atoms with van der Waals surface area (Å²) in [5.41, 5.74) is 0.133. The summed E-state index contributed by atoms with van der Waals surface area (Å²) in [6.07, 6.45) is 0. The molecule has 0 saturated carbocycles. The van der Waals surface area contributed by atoms with Crippen molar-refractivity contribution >= 4 is 28.8 Å². The number of methoxy groups -OCH3 is 2. The third-order valence-electron chi connectivity index (χ3n) is 5.14. The Bertz CT molecular complexity index is 1140. The molecule has 31 heavy (non-hydrogen) atoms. The summed E-state index contributed by atoms with van der Waals surface area (Å²) < 4.78 is 16.6. The fourth-order valence-corrected chi connectivity index (χ4v) is 4.43.